The van der Waals surface area contributed by atoms with Crippen LogP contribution < -0.4 is 10.1 Å². The Balaban J connectivity index is 2.19. The number of nitrogens with zero attached hydrogens (tertiary/aromatic N) is 2. The third-order valence-electron chi connectivity index (χ3n) is 2.53. The summed E-state index contributed by atoms with van der Waals surface area (Å²) in [5, 5.41) is 20.3. The molecule has 0 saturated carbocycles. The van der Waals surface area contributed by atoms with Crippen LogP contribution in [0.4, 0.5) is 17.2 Å². The predicted octanol–water partition coefficient (Wildman–Crippen LogP) is 2.77. The van der Waals surface area contributed by atoms with Crippen molar-refractivity contribution in [1.29, 1.82) is 0 Å². The topological polar surface area (TPSA) is 93.1 Å². The van der Waals surface area contributed by atoms with Crippen molar-refractivity contribution in [3.63, 3.8) is 0 Å². The van der Waals surface area contributed by atoms with E-state index in [1.807, 2.05) is 6.92 Å². The largest absolute Gasteiger partial charge is 0.494 e. The fourth-order valence-electron chi connectivity index (χ4n) is 1.67. The normalized spacial score (nSPS) is 10.2. The molecule has 0 unspecified atom stereocenters. The van der Waals surface area contributed by atoms with E-state index in [4.69, 9.17) is 4.74 Å². The molecule has 0 saturated heterocycles. The predicted molar refractivity (Wildman–Crippen MR) is 70.9 cm³/mol. The number of ether oxygens (including phenoxy) is 1. The Labute approximate surface area is 109 Å². The molecule has 0 aliphatic rings. The van der Waals surface area contributed by atoms with Gasteiger partial charge in [0.2, 0.25) is 5.82 Å². The number of aromatic nitrogens is 2. The van der Waals surface area contributed by atoms with Crippen LogP contribution in [0.1, 0.15) is 12.6 Å². The third-order valence-corrected chi connectivity index (χ3v) is 2.53. The molecule has 0 fully saturated rings. The van der Waals surface area contributed by atoms with Crippen molar-refractivity contribution in [2.24, 2.45) is 0 Å². The highest BCUT2D eigenvalue weighted by Crippen LogP contribution is 2.28. The number of benzene rings is 1. The molecule has 0 radical (unpaired) electrons. The fraction of sp³-hybridized carbons (Fsp3) is 0.250. The lowest BCUT2D eigenvalue weighted by Gasteiger charge is -2.05. The Kier molecular flexibility index (Phi) is 3.65. The van der Waals surface area contributed by atoms with Crippen LogP contribution in [0.3, 0.4) is 0 Å². The summed E-state index contributed by atoms with van der Waals surface area (Å²) in [6.07, 6.45) is 0. The number of rotatable bonds is 5. The first-order chi connectivity index (χ1) is 9.11. The van der Waals surface area contributed by atoms with Gasteiger partial charge in [0.15, 0.2) is 0 Å². The maximum absolute atomic E-state index is 10.9. The highest BCUT2D eigenvalue weighted by Gasteiger charge is 2.21. The number of nitrogens with one attached hydrogen (secondary N) is 2. The van der Waals surface area contributed by atoms with Crippen molar-refractivity contribution in [2.45, 2.75) is 13.8 Å². The molecule has 2 N–H and O–H groups in total. The molecule has 7 nitrogen and oxygen atoms in total. The summed E-state index contributed by atoms with van der Waals surface area (Å²) in [6.45, 7) is 4.10. The van der Waals surface area contributed by atoms with E-state index in [-0.39, 0.29) is 11.5 Å². The van der Waals surface area contributed by atoms with E-state index in [0.29, 0.717) is 18.0 Å². The molecule has 0 aliphatic heterocycles. The lowest BCUT2D eigenvalue weighted by atomic mass is 10.3. The molecule has 7 heteroatoms. The highest BCUT2D eigenvalue weighted by molar-refractivity contribution is 5.67. The zero-order chi connectivity index (χ0) is 13.8. The van der Waals surface area contributed by atoms with Crippen molar-refractivity contribution in [3.8, 4) is 5.75 Å². The molecule has 100 valence electrons. The molecular weight excluding hydrogens is 248 g/mol. The van der Waals surface area contributed by atoms with Crippen LogP contribution >= 0.6 is 0 Å². The van der Waals surface area contributed by atoms with Crippen molar-refractivity contribution >= 4 is 17.2 Å². The molecule has 19 heavy (non-hydrogen) atoms. The van der Waals surface area contributed by atoms with Gasteiger partial charge in [-0.3, -0.25) is 15.2 Å². The van der Waals surface area contributed by atoms with Gasteiger partial charge in [0, 0.05) is 5.69 Å². The van der Waals surface area contributed by atoms with E-state index in [9.17, 15) is 10.1 Å². The molecule has 2 rings (SSSR count). The second kappa shape index (κ2) is 5.38. The Bertz CT molecular complexity index is 577. The number of aromatic amines is 1. The van der Waals surface area contributed by atoms with Crippen molar-refractivity contribution < 1.29 is 9.66 Å². The zero-order valence-electron chi connectivity index (χ0n) is 10.6. The minimum Gasteiger partial charge on any atom is -0.494 e. The molecule has 1 heterocycles. The van der Waals surface area contributed by atoms with E-state index in [0.717, 1.165) is 5.75 Å². The minimum absolute atomic E-state index is 0.0473. The van der Waals surface area contributed by atoms with Gasteiger partial charge < -0.3 is 10.1 Å². The summed E-state index contributed by atoms with van der Waals surface area (Å²) >= 11 is 0. The summed E-state index contributed by atoms with van der Waals surface area (Å²) < 4.78 is 5.32. The molecule has 2 aromatic rings. The number of aryl methyl sites for hydroxylation is 1. The Morgan fingerprint density at radius 3 is 2.68 bits per heavy atom. The molecule has 1 aromatic carbocycles. The lowest BCUT2D eigenvalue weighted by Crippen LogP contribution is -1.97. The summed E-state index contributed by atoms with van der Waals surface area (Å²) in [4.78, 5) is 10.5. The van der Waals surface area contributed by atoms with E-state index in [1.165, 1.54) is 0 Å². The van der Waals surface area contributed by atoms with Gasteiger partial charge in [-0.1, -0.05) is 0 Å². The number of nitro groups is 1. The van der Waals surface area contributed by atoms with E-state index in [2.05, 4.69) is 15.5 Å². The maximum Gasteiger partial charge on any atom is 0.333 e. The van der Waals surface area contributed by atoms with Gasteiger partial charge in [0.1, 0.15) is 11.4 Å². The fourth-order valence-corrected chi connectivity index (χ4v) is 1.67. The van der Waals surface area contributed by atoms with Crippen molar-refractivity contribution in [1.82, 2.24) is 10.2 Å². The molecule has 0 spiro atoms. The maximum atomic E-state index is 10.9. The monoisotopic (exact) mass is 262 g/mol. The van der Waals surface area contributed by atoms with Crippen molar-refractivity contribution in [3.05, 3.63) is 40.1 Å². The molecule has 1 aromatic heterocycles. The van der Waals surface area contributed by atoms with Crippen LogP contribution in [-0.4, -0.2) is 21.7 Å². The first-order valence-electron chi connectivity index (χ1n) is 5.81. The standard InChI is InChI=1S/C12H14N4O3/c1-3-19-10-6-4-9(5-7-10)13-12-11(16(17)18)8(2)14-15-12/h4-7H,3H2,1-2H3,(H2,13,14,15). The van der Waals surface area contributed by atoms with Crippen LogP contribution in [-0.2, 0) is 0 Å². The zero-order valence-corrected chi connectivity index (χ0v) is 10.6. The highest BCUT2D eigenvalue weighted by atomic mass is 16.6. The van der Waals surface area contributed by atoms with Gasteiger partial charge in [0.25, 0.3) is 0 Å². The van der Waals surface area contributed by atoms with Gasteiger partial charge >= 0.3 is 5.69 Å². The van der Waals surface area contributed by atoms with Crippen LogP contribution in [0.2, 0.25) is 0 Å². The van der Waals surface area contributed by atoms with Crippen molar-refractivity contribution in [2.75, 3.05) is 11.9 Å². The number of hydrogen-bond acceptors (Lipinski definition) is 5. The molecule has 0 amide bonds. The first-order valence-corrected chi connectivity index (χ1v) is 5.81. The molecule has 0 aliphatic carbocycles. The lowest BCUT2D eigenvalue weighted by molar-refractivity contribution is -0.384. The molecular formula is C12H14N4O3. The number of anilines is 2. The van der Waals surface area contributed by atoms with Crippen LogP contribution in [0, 0.1) is 17.0 Å². The second-order valence-electron chi connectivity index (χ2n) is 3.89. The second-order valence-corrected chi connectivity index (χ2v) is 3.89. The third kappa shape index (κ3) is 2.82. The Morgan fingerprint density at radius 2 is 2.11 bits per heavy atom. The van der Waals surface area contributed by atoms with E-state index < -0.39 is 4.92 Å². The SMILES string of the molecule is CCOc1ccc(Nc2n[nH]c(C)c2[N+](=O)[O-])cc1. The van der Waals surface area contributed by atoms with Gasteiger partial charge in [-0.05, 0) is 38.1 Å². The van der Waals surface area contributed by atoms with E-state index >= 15 is 0 Å². The quantitative estimate of drug-likeness (QED) is 0.638. The van der Waals surface area contributed by atoms with Gasteiger partial charge in [-0.15, -0.1) is 5.10 Å². The average molecular weight is 262 g/mol. The smallest absolute Gasteiger partial charge is 0.333 e. The van der Waals surface area contributed by atoms with E-state index in [1.54, 1.807) is 31.2 Å². The van der Waals surface area contributed by atoms with Gasteiger partial charge in [-0.2, -0.15) is 0 Å². The summed E-state index contributed by atoms with van der Waals surface area (Å²) in [5.41, 5.74) is 1.07. The summed E-state index contributed by atoms with van der Waals surface area (Å²) in [7, 11) is 0. The van der Waals surface area contributed by atoms with Gasteiger partial charge in [0.05, 0.1) is 11.5 Å². The Hall–Kier alpha value is -2.57. The number of H-pyrrole nitrogens is 1. The van der Waals surface area contributed by atoms with Crippen LogP contribution in [0.25, 0.3) is 0 Å². The average Bonchev–Trinajstić information content (AvgIpc) is 2.73. The van der Waals surface area contributed by atoms with Crippen LogP contribution in [0.5, 0.6) is 5.75 Å². The molecule has 0 bridgehead atoms. The van der Waals surface area contributed by atoms with Gasteiger partial charge in [-0.25, -0.2) is 0 Å². The Morgan fingerprint density at radius 1 is 1.42 bits per heavy atom. The van der Waals surface area contributed by atoms with Crippen LogP contribution in [0.15, 0.2) is 24.3 Å². The summed E-state index contributed by atoms with van der Waals surface area (Å²) in [6, 6.07) is 7.13. The first kappa shape index (κ1) is 12.9. The summed E-state index contributed by atoms with van der Waals surface area (Å²) in [5.74, 6) is 0.951. The number of hydrogen-bond donors (Lipinski definition) is 2. The minimum atomic E-state index is -0.463. The molecule has 0 atom stereocenters.